The van der Waals surface area contributed by atoms with Gasteiger partial charge in [0.05, 0.1) is 0 Å². The fourth-order valence-corrected chi connectivity index (χ4v) is 40.0. The second-order valence-corrected chi connectivity index (χ2v) is 52.7. The average molecular weight is 1410 g/mol. The summed E-state index contributed by atoms with van der Waals surface area (Å²) >= 11 is -9.08. The molecule has 14 rings (SSSR count). The van der Waals surface area contributed by atoms with E-state index >= 15 is 0 Å². The van der Waals surface area contributed by atoms with Crippen LogP contribution >= 0.6 is 35.7 Å². The first kappa shape index (κ1) is 58.9. The molecule has 0 N–H and O–H groups in total. The van der Waals surface area contributed by atoms with E-state index in [1.807, 2.05) is 0 Å². The van der Waals surface area contributed by atoms with Crippen LogP contribution in [0.1, 0.15) is 190 Å². The number of aromatic nitrogens is 4. The van der Waals surface area contributed by atoms with Crippen molar-refractivity contribution in [3.8, 4) is 0 Å². The molecule has 10 aliphatic rings. The molecule has 84 heavy (non-hydrogen) atoms. The molecule has 0 amide bonds. The van der Waals surface area contributed by atoms with Gasteiger partial charge in [0.15, 0.2) is 0 Å². The van der Waals surface area contributed by atoms with E-state index in [0.717, 1.165) is 130 Å². The van der Waals surface area contributed by atoms with Gasteiger partial charge >= 0.3 is 526 Å². The van der Waals surface area contributed by atoms with Gasteiger partial charge in [-0.25, -0.2) is 0 Å². The number of rotatable bonds is 8. The quantitative estimate of drug-likeness (QED) is 0.158. The molecule has 12 heterocycles. The monoisotopic (exact) mass is 1410 g/mol. The standard InChI is InChI=1S/2C35H40N4.4ClH.2Sn/c2*1-10-23-19(6)28-16-32-25(12-3)21(8)33(38-32)26-14-18(5)35(13-4)22(9)29(39-34(26)35)17-31-24(11-2)20(7)27(37-31)15-30(23)36-28;;;;;;/h2*14-17,22H,10-13H2,1-9H3;4*1H;;/q2*-2;;;;;2*+4/p-4/t2*22-,35+;;;;;;/m10....../s1. The van der Waals surface area contributed by atoms with Gasteiger partial charge in [-0.2, -0.15) is 0 Å². The van der Waals surface area contributed by atoms with E-state index in [9.17, 15) is 0 Å². The third kappa shape index (κ3) is 7.39. The van der Waals surface area contributed by atoms with Crippen molar-refractivity contribution in [2.24, 2.45) is 42.6 Å². The fraction of sp³-hybridized carbons (Fsp3) is 0.429. The number of aliphatic imine (C=N–C) groups is 4. The van der Waals surface area contributed by atoms with Gasteiger partial charge in [-0.3, -0.25) is 0 Å². The summed E-state index contributed by atoms with van der Waals surface area (Å²) < 4.78 is 9.57. The molecule has 12 bridgehead atoms. The van der Waals surface area contributed by atoms with Gasteiger partial charge in [-0.1, -0.05) is 0 Å². The number of hydrogen-bond donors (Lipinski definition) is 0. The SMILES string of the molecule is CCC1=C(C)C2=Cc3c(CC)c(C)c4[n]3[Sn]([Cl])([Cl])[n]3c(c(C)c(CC)c3=CC3=NC5=C4C=C(C)[C@@]5(CC)[C@@H]3C)=CC1=N2.CCC1=C(C)C2=Cc3c(CC)c(C)c4[n]3[Sn]([Cl])([Cl])[n]3c(c(C)c(CC)c3=CC3=NC5=C4C=C(C)[C@]5(CC)[C@H]3C)=CC1=N2. The van der Waals surface area contributed by atoms with Crippen molar-refractivity contribution < 1.29 is 0 Å². The summed E-state index contributed by atoms with van der Waals surface area (Å²) in [6, 6.07) is 0. The zero-order valence-electron chi connectivity index (χ0n) is 52.5. The van der Waals surface area contributed by atoms with Gasteiger partial charge in [-0.15, -0.1) is 0 Å². The van der Waals surface area contributed by atoms with E-state index in [-0.39, 0.29) is 22.7 Å². The topological polar surface area (TPSA) is 69.2 Å². The zero-order chi connectivity index (χ0) is 60.1. The predicted molar refractivity (Wildman–Crippen MR) is 364 cm³/mol. The van der Waals surface area contributed by atoms with Crippen molar-refractivity contribution in [1.29, 1.82) is 0 Å². The Morgan fingerprint density at radius 1 is 0.417 bits per heavy atom. The minimum atomic E-state index is -4.54. The van der Waals surface area contributed by atoms with E-state index in [4.69, 9.17) is 55.7 Å². The fourth-order valence-electron chi connectivity index (χ4n) is 17.5. The number of allylic oxidation sites excluding steroid dienone is 10. The van der Waals surface area contributed by atoms with Crippen LogP contribution in [0.5, 0.6) is 0 Å². The number of halogens is 4. The molecule has 0 unspecified atom stereocenters. The third-order valence-corrected chi connectivity index (χ3v) is 42.6. The maximum absolute atomic E-state index is 8.08. The normalized spacial score (nSPS) is 24.8. The summed E-state index contributed by atoms with van der Waals surface area (Å²) in [4.78, 5) is 21.6. The van der Waals surface area contributed by atoms with Gasteiger partial charge in [0, 0.05) is 0 Å². The molecule has 4 atom stereocenters. The van der Waals surface area contributed by atoms with Crippen molar-refractivity contribution >= 4 is 139 Å². The van der Waals surface area contributed by atoms with Gasteiger partial charge in [0.1, 0.15) is 0 Å². The molecule has 14 heteroatoms. The molecule has 0 saturated carbocycles. The number of nitrogens with zero attached hydrogens (tertiary/aromatic N) is 8. The Morgan fingerprint density at radius 2 is 0.774 bits per heavy atom. The summed E-state index contributed by atoms with van der Waals surface area (Å²) in [5.41, 5.74) is 33.6. The molecule has 2 aliphatic carbocycles. The molecular formula is C70H80Cl4N8Sn2. The Kier molecular flexibility index (Phi) is 14.2. The van der Waals surface area contributed by atoms with Crippen LogP contribution in [-0.2, 0) is 25.7 Å². The van der Waals surface area contributed by atoms with Crippen molar-refractivity contribution in [3.05, 3.63) is 157 Å². The summed E-state index contributed by atoms with van der Waals surface area (Å²) in [5.74, 6) is 0.509. The van der Waals surface area contributed by atoms with Gasteiger partial charge in [-0.05, 0) is 0 Å². The second-order valence-electron chi connectivity index (χ2n) is 25.1. The molecule has 0 saturated heterocycles. The van der Waals surface area contributed by atoms with E-state index in [1.165, 1.54) is 100 Å². The molecule has 0 radical (unpaired) electrons. The molecule has 0 aromatic carbocycles. The van der Waals surface area contributed by atoms with E-state index in [1.54, 1.807) is 0 Å². The number of hydrogen-bond acceptors (Lipinski definition) is 4. The van der Waals surface area contributed by atoms with Crippen molar-refractivity contribution in [3.63, 3.8) is 0 Å². The van der Waals surface area contributed by atoms with Crippen LogP contribution < -0.4 is 21.4 Å². The van der Waals surface area contributed by atoms with Crippen LogP contribution in [-0.4, -0.2) is 67.3 Å². The average Bonchev–Trinajstić information content (AvgIpc) is 1.93. The van der Waals surface area contributed by atoms with Crippen LogP contribution in [0.15, 0.2) is 88.3 Å². The number of fused-ring (bicyclic) bond motifs is 4. The Balaban J connectivity index is 0.000000157. The molecule has 8 aliphatic heterocycles. The summed E-state index contributed by atoms with van der Waals surface area (Å²) in [5, 5.41) is 4.47. The minimum absolute atomic E-state index is 0.115. The second kappa shape index (κ2) is 20.2. The Hall–Kier alpha value is -4.04. The van der Waals surface area contributed by atoms with Crippen molar-refractivity contribution in [1.82, 2.24) is 11.2 Å². The van der Waals surface area contributed by atoms with Gasteiger partial charge in [0.2, 0.25) is 0 Å². The zero-order valence-corrected chi connectivity index (χ0v) is 61.3. The maximum atomic E-state index is 8.08. The first-order valence-electron chi connectivity index (χ1n) is 31.1. The third-order valence-electron chi connectivity index (χ3n) is 22.0. The van der Waals surface area contributed by atoms with Crippen LogP contribution in [0.25, 0.3) is 47.6 Å². The Labute approximate surface area is 521 Å². The molecule has 0 fully saturated rings. The molecule has 4 aromatic heterocycles. The summed E-state index contributed by atoms with van der Waals surface area (Å²) in [6.45, 7) is 40.8. The Bertz CT molecular complexity index is 4190. The summed E-state index contributed by atoms with van der Waals surface area (Å²) in [6.07, 6.45) is 26.0. The van der Waals surface area contributed by atoms with E-state index < -0.39 is 33.3 Å². The first-order chi connectivity index (χ1) is 39.9. The molecular weight excluding hydrogens is 1330 g/mol. The van der Waals surface area contributed by atoms with Gasteiger partial charge in [0.25, 0.3) is 0 Å². The van der Waals surface area contributed by atoms with Crippen LogP contribution in [0.4, 0.5) is 0 Å². The van der Waals surface area contributed by atoms with Crippen LogP contribution in [0, 0.1) is 50.4 Å². The predicted octanol–water partition coefficient (Wildman–Crippen LogP) is 15.2. The Morgan fingerprint density at radius 3 is 1.10 bits per heavy atom. The van der Waals surface area contributed by atoms with Crippen LogP contribution in [0.2, 0.25) is 0 Å². The molecule has 436 valence electrons. The van der Waals surface area contributed by atoms with E-state index in [2.05, 4.69) is 184 Å². The van der Waals surface area contributed by atoms with Crippen LogP contribution in [0.3, 0.4) is 0 Å². The molecule has 4 aromatic rings. The van der Waals surface area contributed by atoms with Crippen molar-refractivity contribution in [2.75, 3.05) is 0 Å². The van der Waals surface area contributed by atoms with Crippen molar-refractivity contribution in [2.45, 2.75) is 176 Å². The first-order valence-corrected chi connectivity index (χ1v) is 50.7. The van der Waals surface area contributed by atoms with E-state index in [0.29, 0.717) is 0 Å². The van der Waals surface area contributed by atoms with Gasteiger partial charge < -0.3 is 0 Å². The molecule has 0 spiro atoms. The molecule has 8 nitrogen and oxygen atoms in total. The summed E-state index contributed by atoms with van der Waals surface area (Å²) in [7, 11) is 32.3.